The molecule has 0 radical (unpaired) electrons. The minimum absolute atomic E-state index is 0.121. The number of para-hydroxylation sites is 2. The van der Waals surface area contributed by atoms with Gasteiger partial charge in [-0.2, -0.15) is 0 Å². The molecule has 1 unspecified atom stereocenters. The van der Waals surface area contributed by atoms with E-state index in [9.17, 15) is 9.00 Å². The van der Waals surface area contributed by atoms with Gasteiger partial charge in [-0.3, -0.25) is 4.21 Å². The van der Waals surface area contributed by atoms with Crippen LogP contribution in [0.3, 0.4) is 0 Å². The van der Waals surface area contributed by atoms with Crippen molar-refractivity contribution in [2.24, 2.45) is 0 Å². The number of carbonyl (C=O) groups is 1. The molecule has 2 aromatic rings. The van der Waals surface area contributed by atoms with E-state index in [1.807, 2.05) is 6.07 Å². The van der Waals surface area contributed by atoms with Crippen molar-refractivity contribution in [1.82, 2.24) is 0 Å². The molecular weight excluding hydrogens is 296 g/mol. The molecule has 0 aliphatic heterocycles. The van der Waals surface area contributed by atoms with Crippen molar-refractivity contribution in [2.45, 2.75) is 5.09 Å². The Labute approximate surface area is 123 Å². The highest BCUT2D eigenvalue weighted by molar-refractivity contribution is 7.84. The number of carboxylic acids is 1. The van der Waals surface area contributed by atoms with E-state index < -0.39 is 16.8 Å². The van der Waals surface area contributed by atoms with Gasteiger partial charge in [0.15, 0.2) is 16.6 Å². The smallest absolute Gasteiger partial charge is 0.371 e. The molecule has 1 atom stereocenters. The molecule has 0 saturated heterocycles. The molecular formula is C14H14O6S. The zero-order chi connectivity index (χ0) is 15.2. The average molecular weight is 310 g/mol. The van der Waals surface area contributed by atoms with Crippen LogP contribution < -0.4 is 9.47 Å². The molecule has 0 bridgehead atoms. The lowest BCUT2D eigenvalue weighted by Gasteiger charge is -2.09. The van der Waals surface area contributed by atoms with E-state index in [4.69, 9.17) is 19.0 Å². The molecule has 0 fully saturated rings. The van der Waals surface area contributed by atoms with Crippen LogP contribution in [-0.4, -0.2) is 34.8 Å². The van der Waals surface area contributed by atoms with Gasteiger partial charge in [-0.25, -0.2) is 4.79 Å². The van der Waals surface area contributed by atoms with Crippen LogP contribution in [-0.2, 0) is 10.8 Å². The minimum Gasteiger partial charge on any atom is -0.493 e. The molecule has 112 valence electrons. The molecule has 0 saturated carbocycles. The van der Waals surface area contributed by atoms with Gasteiger partial charge in [0.1, 0.15) is 6.61 Å². The lowest BCUT2D eigenvalue weighted by molar-refractivity contribution is 0.0656. The first-order valence-electron chi connectivity index (χ1n) is 6.09. The number of rotatable bonds is 7. The van der Waals surface area contributed by atoms with Gasteiger partial charge in [-0.05, 0) is 24.3 Å². The highest BCUT2D eigenvalue weighted by Crippen LogP contribution is 2.25. The quantitative estimate of drug-likeness (QED) is 0.843. The van der Waals surface area contributed by atoms with Crippen molar-refractivity contribution in [2.75, 3.05) is 19.5 Å². The molecule has 2 rings (SSSR count). The third-order valence-electron chi connectivity index (χ3n) is 2.61. The number of hydrogen-bond donors (Lipinski definition) is 1. The largest absolute Gasteiger partial charge is 0.493 e. The Morgan fingerprint density at radius 1 is 1.24 bits per heavy atom. The summed E-state index contributed by atoms with van der Waals surface area (Å²) in [5, 5.41) is 8.85. The van der Waals surface area contributed by atoms with Gasteiger partial charge < -0.3 is 19.0 Å². The molecule has 7 heteroatoms. The summed E-state index contributed by atoms with van der Waals surface area (Å²) in [6.07, 6.45) is 0. The van der Waals surface area contributed by atoms with Crippen molar-refractivity contribution in [3.05, 3.63) is 42.2 Å². The summed E-state index contributed by atoms with van der Waals surface area (Å²) in [5.41, 5.74) is 0. The number of ether oxygens (including phenoxy) is 2. The van der Waals surface area contributed by atoms with Gasteiger partial charge in [0.25, 0.3) is 0 Å². The summed E-state index contributed by atoms with van der Waals surface area (Å²) in [6.45, 7) is 0.191. The summed E-state index contributed by atoms with van der Waals surface area (Å²) < 4.78 is 27.5. The first-order valence-corrected chi connectivity index (χ1v) is 7.41. The van der Waals surface area contributed by atoms with E-state index in [2.05, 4.69) is 0 Å². The SMILES string of the molecule is COc1ccccc1OCCS(=O)c1ccc(C(=O)O)o1. The van der Waals surface area contributed by atoms with E-state index in [0.29, 0.717) is 11.5 Å². The summed E-state index contributed by atoms with van der Waals surface area (Å²) in [5.74, 6) is -0.0883. The maximum atomic E-state index is 11.9. The zero-order valence-corrected chi connectivity index (χ0v) is 12.1. The number of hydrogen-bond acceptors (Lipinski definition) is 5. The van der Waals surface area contributed by atoms with E-state index in [-0.39, 0.29) is 23.2 Å². The Morgan fingerprint density at radius 2 is 1.95 bits per heavy atom. The number of furan rings is 1. The minimum atomic E-state index is -1.46. The predicted octanol–water partition coefficient (Wildman–Crippen LogP) is 2.17. The predicted molar refractivity (Wildman–Crippen MR) is 75.4 cm³/mol. The van der Waals surface area contributed by atoms with Crippen LogP contribution in [0.25, 0.3) is 0 Å². The van der Waals surface area contributed by atoms with Crippen LogP contribution in [0.1, 0.15) is 10.6 Å². The third kappa shape index (κ3) is 3.85. The Kier molecular flexibility index (Phi) is 4.99. The molecule has 1 heterocycles. The maximum absolute atomic E-state index is 11.9. The van der Waals surface area contributed by atoms with Crippen molar-refractivity contribution in [3.63, 3.8) is 0 Å². The maximum Gasteiger partial charge on any atom is 0.371 e. The Hall–Kier alpha value is -2.28. The third-order valence-corrected chi connectivity index (χ3v) is 3.82. The van der Waals surface area contributed by atoms with Crippen molar-refractivity contribution in [1.29, 1.82) is 0 Å². The summed E-state index contributed by atoms with van der Waals surface area (Å²) >= 11 is 0. The molecule has 0 amide bonds. The second-order valence-corrected chi connectivity index (χ2v) is 5.47. The highest BCUT2D eigenvalue weighted by atomic mass is 32.2. The van der Waals surface area contributed by atoms with Crippen molar-refractivity contribution < 1.29 is 28.0 Å². The molecule has 0 aliphatic carbocycles. The van der Waals surface area contributed by atoms with Crippen LogP contribution in [0.2, 0.25) is 0 Å². The van der Waals surface area contributed by atoms with Crippen LogP contribution in [0.5, 0.6) is 11.5 Å². The van der Waals surface area contributed by atoms with Crippen LogP contribution in [0, 0.1) is 0 Å². The lowest BCUT2D eigenvalue weighted by Crippen LogP contribution is -2.08. The monoisotopic (exact) mass is 310 g/mol. The molecule has 21 heavy (non-hydrogen) atoms. The van der Waals surface area contributed by atoms with Crippen molar-refractivity contribution >= 4 is 16.8 Å². The van der Waals surface area contributed by atoms with Crippen LogP contribution >= 0.6 is 0 Å². The topological polar surface area (TPSA) is 86.0 Å². The molecule has 0 aliphatic rings. The summed E-state index contributed by atoms with van der Waals surface area (Å²) in [7, 11) is 0.0812. The van der Waals surface area contributed by atoms with E-state index in [1.54, 1.807) is 18.2 Å². The summed E-state index contributed by atoms with van der Waals surface area (Å²) in [6, 6.07) is 9.80. The molecule has 1 N–H and O–H groups in total. The zero-order valence-electron chi connectivity index (χ0n) is 11.3. The standard InChI is InChI=1S/C14H14O6S/c1-18-10-4-2-3-5-11(10)19-8-9-21(17)13-7-6-12(20-13)14(15)16/h2-7H,8-9H2,1H3,(H,15,16). The molecule has 6 nitrogen and oxygen atoms in total. The van der Waals surface area contributed by atoms with Crippen LogP contribution in [0.4, 0.5) is 0 Å². The fraction of sp³-hybridized carbons (Fsp3) is 0.214. The highest BCUT2D eigenvalue weighted by Gasteiger charge is 2.14. The molecule has 1 aromatic carbocycles. The van der Waals surface area contributed by atoms with Gasteiger partial charge >= 0.3 is 5.97 Å². The molecule has 1 aromatic heterocycles. The van der Waals surface area contributed by atoms with Gasteiger partial charge in [-0.15, -0.1) is 0 Å². The van der Waals surface area contributed by atoms with Gasteiger partial charge in [0.05, 0.1) is 23.7 Å². The number of methoxy groups -OCH3 is 1. The van der Waals surface area contributed by atoms with Crippen molar-refractivity contribution in [3.8, 4) is 11.5 Å². The number of aromatic carboxylic acids is 1. The van der Waals surface area contributed by atoms with E-state index in [0.717, 1.165) is 0 Å². The number of carboxylic acid groups (broad SMARTS) is 1. The Balaban J connectivity index is 1.90. The summed E-state index contributed by atoms with van der Waals surface area (Å²) in [4.78, 5) is 10.7. The molecule has 0 spiro atoms. The lowest BCUT2D eigenvalue weighted by atomic mass is 10.3. The van der Waals surface area contributed by atoms with E-state index in [1.165, 1.54) is 19.2 Å². The first kappa shape index (κ1) is 15.1. The normalized spacial score (nSPS) is 11.9. The average Bonchev–Trinajstić information content (AvgIpc) is 2.98. The second-order valence-electron chi connectivity index (χ2n) is 3.97. The Morgan fingerprint density at radius 3 is 2.57 bits per heavy atom. The van der Waals surface area contributed by atoms with Crippen LogP contribution in [0.15, 0.2) is 45.9 Å². The fourth-order valence-corrected chi connectivity index (χ4v) is 2.46. The first-order chi connectivity index (χ1) is 10.1. The number of benzene rings is 1. The second kappa shape index (κ2) is 6.94. The van der Waals surface area contributed by atoms with Gasteiger partial charge in [0, 0.05) is 0 Å². The van der Waals surface area contributed by atoms with E-state index >= 15 is 0 Å². The van der Waals surface area contributed by atoms with Gasteiger partial charge in [-0.1, -0.05) is 12.1 Å². The van der Waals surface area contributed by atoms with Gasteiger partial charge in [0.2, 0.25) is 5.76 Å². The fourth-order valence-electron chi connectivity index (χ4n) is 1.62. The Bertz CT molecular complexity index is 648.